The molecule has 0 fully saturated rings. The molecule has 21 heavy (non-hydrogen) atoms. The molecule has 0 amide bonds. The predicted molar refractivity (Wildman–Crippen MR) is 90.1 cm³/mol. The molecule has 0 aliphatic rings. The van der Waals surface area contributed by atoms with Crippen LogP contribution in [-0.2, 0) is 0 Å². The van der Waals surface area contributed by atoms with E-state index < -0.39 is 0 Å². The minimum absolute atomic E-state index is 0.185. The number of fused-ring (bicyclic) bond motifs is 1. The lowest BCUT2D eigenvalue weighted by Crippen LogP contribution is -2.29. The van der Waals surface area contributed by atoms with Crippen molar-refractivity contribution in [3.63, 3.8) is 0 Å². The number of nitrogens with zero attached hydrogens (tertiary/aromatic N) is 1. The van der Waals surface area contributed by atoms with Gasteiger partial charge in [0.1, 0.15) is 0 Å². The number of para-hydroxylation sites is 1. The molecule has 1 heterocycles. The third-order valence-electron chi connectivity index (χ3n) is 3.38. The SMILES string of the molecule is NNC(c1cnc2ccccc2c1)c1cc(Cl)ccc1Br. The van der Waals surface area contributed by atoms with Crippen LogP contribution in [0.4, 0.5) is 0 Å². The molecule has 106 valence electrons. The largest absolute Gasteiger partial charge is 0.271 e. The maximum atomic E-state index is 6.10. The number of nitrogens with two attached hydrogens (primary N) is 1. The summed E-state index contributed by atoms with van der Waals surface area (Å²) in [5, 5.41) is 1.75. The van der Waals surface area contributed by atoms with Crippen LogP contribution in [0.15, 0.2) is 59.2 Å². The van der Waals surface area contributed by atoms with Crippen LogP contribution in [0, 0.1) is 0 Å². The maximum absolute atomic E-state index is 6.10. The van der Waals surface area contributed by atoms with Crippen LogP contribution in [-0.4, -0.2) is 4.98 Å². The van der Waals surface area contributed by atoms with Gasteiger partial charge in [-0.2, -0.15) is 0 Å². The molecule has 0 bridgehead atoms. The molecule has 0 saturated carbocycles. The minimum atomic E-state index is -0.185. The Morgan fingerprint density at radius 1 is 1.14 bits per heavy atom. The first kappa shape index (κ1) is 14.5. The van der Waals surface area contributed by atoms with E-state index in [1.165, 1.54) is 0 Å². The highest BCUT2D eigenvalue weighted by Gasteiger charge is 2.16. The lowest BCUT2D eigenvalue weighted by Gasteiger charge is -2.19. The van der Waals surface area contributed by atoms with Crippen molar-refractivity contribution in [2.45, 2.75) is 6.04 Å². The van der Waals surface area contributed by atoms with E-state index in [1.807, 2.05) is 48.7 Å². The Kier molecular flexibility index (Phi) is 4.22. The van der Waals surface area contributed by atoms with Crippen LogP contribution in [0.2, 0.25) is 5.02 Å². The van der Waals surface area contributed by atoms with Crippen molar-refractivity contribution in [2.75, 3.05) is 0 Å². The number of hydrogen-bond donors (Lipinski definition) is 2. The highest BCUT2D eigenvalue weighted by Crippen LogP contribution is 2.31. The number of pyridine rings is 1. The van der Waals surface area contributed by atoms with E-state index in [4.69, 9.17) is 17.4 Å². The Balaban J connectivity index is 2.11. The molecular formula is C16H13BrClN3. The molecule has 3 nitrogen and oxygen atoms in total. The first-order chi connectivity index (χ1) is 10.2. The minimum Gasteiger partial charge on any atom is -0.271 e. The van der Waals surface area contributed by atoms with Crippen molar-refractivity contribution in [3.05, 3.63) is 75.4 Å². The van der Waals surface area contributed by atoms with Gasteiger partial charge in [0.25, 0.3) is 0 Å². The van der Waals surface area contributed by atoms with Crippen LogP contribution in [0.3, 0.4) is 0 Å². The van der Waals surface area contributed by atoms with E-state index in [1.54, 1.807) is 0 Å². The number of hydrogen-bond acceptors (Lipinski definition) is 3. The summed E-state index contributed by atoms with van der Waals surface area (Å²) >= 11 is 9.64. The zero-order valence-electron chi connectivity index (χ0n) is 11.1. The molecule has 1 atom stereocenters. The van der Waals surface area contributed by atoms with Crippen molar-refractivity contribution in [1.82, 2.24) is 10.4 Å². The van der Waals surface area contributed by atoms with Crippen LogP contribution in [0.25, 0.3) is 10.9 Å². The molecule has 1 unspecified atom stereocenters. The number of rotatable bonds is 3. The molecule has 0 aliphatic carbocycles. The highest BCUT2D eigenvalue weighted by molar-refractivity contribution is 9.10. The Morgan fingerprint density at radius 3 is 2.76 bits per heavy atom. The summed E-state index contributed by atoms with van der Waals surface area (Å²) in [7, 11) is 0. The highest BCUT2D eigenvalue weighted by atomic mass is 79.9. The normalized spacial score (nSPS) is 12.5. The zero-order chi connectivity index (χ0) is 14.8. The number of nitrogens with one attached hydrogen (secondary N) is 1. The Labute approximate surface area is 136 Å². The fraction of sp³-hybridized carbons (Fsp3) is 0.0625. The number of halogens is 2. The summed E-state index contributed by atoms with van der Waals surface area (Å²) in [5.74, 6) is 5.76. The fourth-order valence-corrected chi connectivity index (χ4v) is 3.00. The van der Waals surface area contributed by atoms with Gasteiger partial charge in [-0.05, 0) is 41.5 Å². The second kappa shape index (κ2) is 6.12. The van der Waals surface area contributed by atoms with E-state index in [2.05, 4.69) is 32.4 Å². The van der Waals surface area contributed by atoms with E-state index in [0.29, 0.717) is 5.02 Å². The molecule has 0 saturated heterocycles. The van der Waals surface area contributed by atoms with E-state index in [0.717, 1.165) is 26.5 Å². The Hall–Kier alpha value is -1.46. The quantitative estimate of drug-likeness (QED) is 0.542. The maximum Gasteiger partial charge on any atom is 0.0736 e. The Morgan fingerprint density at radius 2 is 1.95 bits per heavy atom. The molecule has 3 rings (SSSR count). The molecule has 0 spiro atoms. The second-order valence-corrected chi connectivity index (χ2v) is 6.02. The average Bonchev–Trinajstić information content (AvgIpc) is 2.51. The lowest BCUT2D eigenvalue weighted by molar-refractivity contribution is 0.633. The fourth-order valence-electron chi connectivity index (χ4n) is 2.35. The standard InChI is InChI=1S/C16H13BrClN3/c17-14-6-5-12(18)8-13(14)16(21-19)11-7-10-3-1-2-4-15(10)20-9-11/h1-9,16,21H,19H2. The van der Waals surface area contributed by atoms with Crippen LogP contribution in [0.1, 0.15) is 17.2 Å². The van der Waals surface area contributed by atoms with Crippen LogP contribution >= 0.6 is 27.5 Å². The van der Waals surface area contributed by atoms with Gasteiger partial charge in [-0.3, -0.25) is 10.8 Å². The monoisotopic (exact) mass is 361 g/mol. The van der Waals surface area contributed by atoms with E-state index in [-0.39, 0.29) is 6.04 Å². The number of aromatic nitrogens is 1. The summed E-state index contributed by atoms with van der Waals surface area (Å²) in [5.41, 5.74) is 5.76. The number of hydrazine groups is 1. The van der Waals surface area contributed by atoms with Crippen LogP contribution in [0.5, 0.6) is 0 Å². The van der Waals surface area contributed by atoms with Gasteiger partial charge in [-0.1, -0.05) is 45.7 Å². The van der Waals surface area contributed by atoms with Gasteiger partial charge < -0.3 is 0 Å². The summed E-state index contributed by atoms with van der Waals surface area (Å²) in [4.78, 5) is 4.48. The average molecular weight is 363 g/mol. The topological polar surface area (TPSA) is 50.9 Å². The van der Waals surface area contributed by atoms with Gasteiger partial charge in [-0.25, -0.2) is 5.43 Å². The molecule has 0 radical (unpaired) electrons. The van der Waals surface area contributed by atoms with Crippen molar-refractivity contribution in [2.24, 2.45) is 5.84 Å². The first-order valence-corrected chi connectivity index (χ1v) is 7.62. The molecule has 1 aromatic heterocycles. The van der Waals surface area contributed by atoms with Crippen molar-refractivity contribution >= 4 is 38.4 Å². The Bertz CT molecular complexity index is 791. The van der Waals surface area contributed by atoms with Gasteiger partial charge in [0.2, 0.25) is 0 Å². The molecule has 5 heteroatoms. The molecular weight excluding hydrogens is 350 g/mol. The van der Waals surface area contributed by atoms with Gasteiger partial charge in [-0.15, -0.1) is 0 Å². The summed E-state index contributed by atoms with van der Waals surface area (Å²) in [6.45, 7) is 0. The summed E-state index contributed by atoms with van der Waals surface area (Å²) in [6, 6.07) is 15.5. The summed E-state index contributed by atoms with van der Waals surface area (Å²) < 4.78 is 0.947. The van der Waals surface area contributed by atoms with E-state index >= 15 is 0 Å². The zero-order valence-corrected chi connectivity index (χ0v) is 13.4. The molecule has 3 N–H and O–H groups in total. The number of benzene rings is 2. The summed E-state index contributed by atoms with van der Waals surface area (Å²) in [6.07, 6.45) is 1.83. The molecule has 0 aliphatic heterocycles. The first-order valence-electron chi connectivity index (χ1n) is 6.45. The van der Waals surface area contributed by atoms with Crippen molar-refractivity contribution in [1.29, 1.82) is 0 Å². The van der Waals surface area contributed by atoms with Gasteiger partial charge in [0.05, 0.1) is 11.6 Å². The van der Waals surface area contributed by atoms with Crippen LogP contribution < -0.4 is 11.3 Å². The van der Waals surface area contributed by atoms with Crippen molar-refractivity contribution < 1.29 is 0 Å². The van der Waals surface area contributed by atoms with Gasteiger partial charge in [0.15, 0.2) is 0 Å². The third-order valence-corrected chi connectivity index (χ3v) is 4.34. The predicted octanol–water partition coefficient (Wildman–Crippen LogP) is 4.20. The smallest absolute Gasteiger partial charge is 0.0736 e. The lowest BCUT2D eigenvalue weighted by atomic mass is 9.99. The molecule has 3 aromatic rings. The van der Waals surface area contributed by atoms with E-state index in [9.17, 15) is 0 Å². The second-order valence-electron chi connectivity index (χ2n) is 4.73. The third kappa shape index (κ3) is 2.94. The van der Waals surface area contributed by atoms with Gasteiger partial charge in [0, 0.05) is 21.1 Å². The van der Waals surface area contributed by atoms with Crippen molar-refractivity contribution in [3.8, 4) is 0 Å². The molecule has 2 aromatic carbocycles. The van der Waals surface area contributed by atoms with Gasteiger partial charge >= 0.3 is 0 Å².